The third-order valence-electron chi connectivity index (χ3n) is 6.53. The normalized spacial score (nSPS) is 12.3. The average molecular weight is 445 g/mol. The molecule has 176 valence electrons. The van der Waals surface area contributed by atoms with Crippen LogP contribution in [0.1, 0.15) is 76.6 Å². The Balaban J connectivity index is 1.82. The van der Waals surface area contributed by atoms with Crippen LogP contribution >= 0.6 is 0 Å². The SMILES string of the molecule is C=C(C)CCC(C(=C)C)n1c(=C)c2cccc(CCc3cn(CCCCCC)nn3)c2c1=C. The van der Waals surface area contributed by atoms with Gasteiger partial charge in [0.25, 0.3) is 0 Å². The molecule has 0 amide bonds. The van der Waals surface area contributed by atoms with Gasteiger partial charge in [-0.1, -0.05) is 80.5 Å². The zero-order chi connectivity index (χ0) is 24.0. The molecule has 2 aromatic heterocycles. The zero-order valence-corrected chi connectivity index (χ0v) is 20.9. The Bertz CT molecular complexity index is 1210. The molecule has 33 heavy (non-hydrogen) atoms. The number of aryl methyl sites for hydroxylation is 3. The molecule has 0 N–H and O–H groups in total. The van der Waals surface area contributed by atoms with Crippen LogP contribution in [0.3, 0.4) is 0 Å². The maximum atomic E-state index is 4.50. The van der Waals surface area contributed by atoms with Crippen molar-refractivity contribution >= 4 is 23.9 Å². The molecule has 0 aliphatic carbocycles. The van der Waals surface area contributed by atoms with Gasteiger partial charge in [0, 0.05) is 34.2 Å². The molecule has 0 spiro atoms. The van der Waals surface area contributed by atoms with E-state index in [-0.39, 0.29) is 6.04 Å². The van der Waals surface area contributed by atoms with Gasteiger partial charge in [-0.25, -0.2) is 0 Å². The minimum absolute atomic E-state index is 0.176. The van der Waals surface area contributed by atoms with Gasteiger partial charge in [-0.15, -0.1) is 11.7 Å². The Morgan fingerprint density at radius 2 is 1.82 bits per heavy atom. The summed E-state index contributed by atoms with van der Waals surface area (Å²) >= 11 is 0. The Labute approximate surface area is 199 Å². The van der Waals surface area contributed by atoms with Gasteiger partial charge in [-0.2, -0.15) is 0 Å². The van der Waals surface area contributed by atoms with E-state index in [9.17, 15) is 0 Å². The lowest BCUT2D eigenvalue weighted by molar-refractivity contribution is 0.516. The average Bonchev–Trinajstić information content (AvgIpc) is 3.33. The molecular formula is C29H40N4. The van der Waals surface area contributed by atoms with Crippen molar-refractivity contribution in [2.24, 2.45) is 0 Å². The van der Waals surface area contributed by atoms with Crippen molar-refractivity contribution in [2.75, 3.05) is 0 Å². The van der Waals surface area contributed by atoms with Crippen LogP contribution in [0.15, 0.2) is 48.7 Å². The number of unbranched alkanes of at least 4 members (excludes halogenated alkanes) is 3. The predicted octanol–water partition coefficient (Wildman–Crippen LogP) is 5.89. The number of rotatable bonds is 13. The molecule has 2 heterocycles. The highest BCUT2D eigenvalue weighted by molar-refractivity contribution is 5.87. The molecule has 0 bridgehead atoms. The summed E-state index contributed by atoms with van der Waals surface area (Å²) in [4.78, 5) is 0. The number of hydrogen-bond acceptors (Lipinski definition) is 2. The van der Waals surface area contributed by atoms with E-state index in [2.05, 4.69) is 86.4 Å². The van der Waals surface area contributed by atoms with Crippen LogP contribution in [0.25, 0.3) is 23.9 Å². The molecule has 0 saturated heterocycles. The van der Waals surface area contributed by atoms with E-state index < -0.39 is 0 Å². The van der Waals surface area contributed by atoms with E-state index in [0.29, 0.717) is 0 Å². The Morgan fingerprint density at radius 1 is 1.03 bits per heavy atom. The van der Waals surface area contributed by atoms with Gasteiger partial charge in [0.1, 0.15) is 0 Å². The molecule has 1 unspecified atom stereocenters. The second-order valence-corrected chi connectivity index (χ2v) is 9.49. The van der Waals surface area contributed by atoms with E-state index in [0.717, 1.165) is 60.6 Å². The van der Waals surface area contributed by atoms with E-state index in [1.807, 2.05) is 4.68 Å². The third-order valence-corrected chi connectivity index (χ3v) is 6.53. The summed E-state index contributed by atoms with van der Waals surface area (Å²) in [6, 6.07) is 6.67. The molecule has 0 aliphatic heterocycles. The van der Waals surface area contributed by atoms with Gasteiger partial charge in [0.05, 0.1) is 11.7 Å². The van der Waals surface area contributed by atoms with Crippen molar-refractivity contribution in [1.29, 1.82) is 0 Å². The topological polar surface area (TPSA) is 35.6 Å². The fourth-order valence-electron chi connectivity index (χ4n) is 4.68. The highest BCUT2D eigenvalue weighted by atomic mass is 15.4. The maximum absolute atomic E-state index is 4.50. The number of aromatic nitrogens is 4. The minimum atomic E-state index is 0.176. The largest absolute Gasteiger partial charge is 0.334 e. The second-order valence-electron chi connectivity index (χ2n) is 9.49. The first-order valence-electron chi connectivity index (χ1n) is 12.3. The quantitative estimate of drug-likeness (QED) is 0.243. The highest BCUT2D eigenvalue weighted by Crippen LogP contribution is 2.24. The number of allylic oxidation sites excluding steroid dienone is 2. The predicted molar refractivity (Wildman–Crippen MR) is 142 cm³/mol. The molecule has 0 radical (unpaired) electrons. The molecule has 4 nitrogen and oxygen atoms in total. The van der Waals surface area contributed by atoms with E-state index in [1.54, 1.807) is 0 Å². The number of nitrogens with zero attached hydrogens (tertiary/aromatic N) is 4. The molecule has 4 heteroatoms. The monoisotopic (exact) mass is 444 g/mol. The van der Waals surface area contributed by atoms with Gasteiger partial charge in [0.15, 0.2) is 0 Å². The fourth-order valence-corrected chi connectivity index (χ4v) is 4.68. The van der Waals surface area contributed by atoms with Crippen LogP contribution in [-0.2, 0) is 19.4 Å². The molecule has 0 aliphatic rings. The number of benzene rings is 1. The van der Waals surface area contributed by atoms with Crippen LogP contribution in [-0.4, -0.2) is 19.6 Å². The maximum Gasteiger partial charge on any atom is 0.0830 e. The summed E-state index contributed by atoms with van der Waals surface area (Å²) in [6.45, 7) is 24.6. The molecule has 0 fully saturated rings. The molecule has 3 rings (SSSR count). The lowest BCUT2D eigenvalue weighted by Gasteiger charge is -2.20. The van der Waals surface area contributed by atoms with Crippen molar-refractivity contribution in [3.63, 3.8) is 0 Å². The highest BCUT2D eigenvalue weighted by Gasteiger charge is 2.17. The summed E-state index contributed by atoms with van der Waals surface area (Å²) in [5.41, 5.74) is 4.65. The summed E-state index contributed by atoms with van der Waals surface area (Å²) in [5, 5.41) is 13.2. The second kappa shape index (κ2) is 11.3. The first-order chi connectivity index (χ1) is 15.8. The minimum Gasteiger partial charge on any atom is -0.334 e. The lowest BCUT2D eigenvalue weighted by atomic mass is 10.0. The van der Waals surface area contributed by atoms with Crippen molar-refractivity contribution in [3.8, 4) is 0 Å². The standard InChI is InChI=1S/C29H40N4/c1-8-9-10-11-19-32-20-26(30-31-32)17-16-25-13-12-14-27-23(6)33(24(7)29(25)27)28(22(4)5)18-15-21(2)3/h12-14,20,28H,2,4,6-11,15-19H2,1,3,5H3. The first-order valence-corrected chi connectivity index (χ1v) is 12.3. The first kappa shape index (κ1) is 24.8. The third kappa shape index (κ3) is 5.93. The van der Waals surface area contributed by atoms with Crippen molar-refractivity contribution < 1.29 is 0 Å². The summed E-state index contributed by atoms with van der Waals surface area (Å²) < 4.78 is 4.27. The summed E-state index contributed by atoms with van der Waals surface area (Å²) in [6.07, 6.45) is 10.7. The van der Waals surface area contributed by atoms with Gasteiger partial charge >= 0.3 is 0 Å². The van der Waals surface area contributed by atoms with Crippen LogP contribution in [0, 0.1) is 0 Å². The van der Waals surface area contributed by atoms with Crippen LogP contribution in [0.4, 0.5) is 0 Å². The Kier molecular flexibility index (Phi) is 8.49. The van der Waals surface area contributed by atoms with Crippen molar-refractivity contribution in [2.45, 2.75) is 84.7 Å². The molecule has 3 aromatic rings. The van der Waals surface area contributed by atoms with Gasteiger partial charge in [-0.3, -0.25) is 4.68 Å². The number of fused-ring (bicyclic) bond motifs is 1. The summed E-state index contributed by atoms with van der Waals surface area (Å²) in [5.74, 6) is 0. The molecule has 1 atom stereocenters. The lowest BCUT2D eigenvalue weighted by Crippen LogP contribution is -2.30. The van der Waals surface area contributed by atoms with Gasteiger partial charge in [0.2, 0.25) is 0 Å². The Morgan fingerprint density at radius 3 is 2.52 bits per heavy atom. The van der Waals surface area contributed by atoms with Crippen LogP contribution < -0.4 is 10.7 Å². The van der Waals surface area contributed by atoms with Gasteiger partial charge < -0.3 is 4.57 Å². The fraction of sp³-hybridized carbons (Fsp3) is 0.448. The molecule has 1 aromatic carbocycles. The van der Waals surface area contributed by atoms with Gasteiger partial charge in [-0.05, 0) is 51.5 Å². The zero-order valence-electron chi connectivity index (χ0n) is 20.9. The number of hydrogen-bond donors (Lipinski definition) is 0. The smallest absolute Gasteiger partial charge is 0.0830 e. The van der Waals surface area contributed by atoms with Crippen molar-refractivity contribution in [3.05, 3.63) is 70.7 Å². The van der Waals surface area contributed by atoms with E-state index in [4.69, 9.17) is 0 Å². The van der Waals surface area contributed by atoms with E-state index >= 15 is 0 Å². The van der Waals surface area contributed by atoms with Crippen LogP contribution in [0.5, 0.6) is 0 Å². The van der Waals surface area contributed by atoms with Crippen molar-refractivity contribution in [1.82, 2.24) is 19.6 Å². The molecule has 0 saturated carbocycles. The molecular weight excluding hydrogens is 404 g/mol. The summed E-state index contributed by atoms with van der Waals surface area (Å²) in [7, 11) is 0. The Hall–Kier alpha value is -2.88. The van der Waals surface area contributed by atoms with Crippen LogP contribution in [0.2, 0.25) is 0 Å². The van der Waals surface area contributed by atoms with E-state index in [1.165, 1.54) is 41.2 Å².